The number of nitrogens with zero attached hydrogens (tertiary/aromatic N) is 2. The second-order valence-corrected chi connectivity index (χ2v) is 6.41. The summed E-state index contributed by atoms with van der Waals surface area (Å²) in [7, 11) is 1.53. The molecule has 1 amide bonds. The molecule has 0 fully saturated rings. The summed E-state index contributed by atoms with van der Waals surface area (Å²) in [6, 6.07) is 10.2. The summed E-state index contributed by atoms with van der Waals surface area (Å²) in [4.78, 5) is 16.5. The van der Waals surface area contributed by atoms with Gasteiger partial charge in [-0.3, -0.25) is 9.78 Å². The van der Waals surface area contributed by atoms with Crippen molar-refractivity contribution in [2.45, 2.75) is 26.0 Å². The maximum atomic E-state index is 12.5. The van der Waals surface area contributed by atoms with E-state index in [9.17, 15) is 4.79 Å². The van der Waals surface area contributed by atoms with Crippen molar-refractivity contribution in [1.29, 1.82) is 0 Å². The van der Waals surface area contributed by atoms with Crippen LogP contribution in [0.5, 0.6) is 11.5 Å². The minimum Gasteiger partial charge on any atom is -0.493 e. The number of benzene rings is 1. The highest BCUT2D eigenvalue weighted by Crippen LogP contribution is 2.30. The number of methoxy groups -OCH3 is 1. The number of halogens is 1. The topological polar surface area (TPSA) is 86.5 Å². The second-order valence-electron chi connectivity index (χ2n) is 5.98. The number of carbonyl (C=O) groups excluding carboxylic acids is 1. The third-order valence-corrected chi connectivity index (χ3v) is 4.34. The molecule has 1 N–H and O–H groups in total. The van der Waals surface area contributed by atoms with E-state index >= 15 is 0 Å². The lowest BCUT2D eigenvalue weighted by molar-refractivity contribution is 0.0926. The van der Waals surface area contributed by atoms with Gasteiger partial charge in [0.25, 0.3) is 5.91 Å². The largest absolute Gasteiger partial charge is 0.493 e. The van der Waals surface area contributed by atoms with Gasteiger partial charge in [0.1, 0.15) is 6.61 Å². The normalized spacial score (nSPS) is 11.7. The molecule has 146 valence electrons. The van der Waals surface area contributed by atoms with Crippen molar-refractivity contribution in [1.82, 2.24) is 15.5 Å². The average Bonchev–Trinajstić information content (AvgIpc) is 3.20. The summed E-state index contributed by atoms with van der Waals surface area (Å²) in [6.07, 6.45) is 4.13. The molecule has 8 heteroatoms. The van der Waals surface area contributed by atoms with Crippen LogP contribution in [0, 0.1) is 0 Å². The Labute approximate surface area is 167 Å². The molecule has 3 rings (SSSR count). The molecule has 0 bridgehead atoms. The van der Waals surface area contributed by atoms with Crippen molar-refractivity contribution in [2.75, 3.05) is 7.11 Å². The summed E-state index contributed by atoms with van der Waals surface area (Å²) in [5.74, 6) is 1.12. The number of aromatic nitrogens is 2. The molecule has 28 heavy (non-hydrogen) atoms. The van der Waals surface area contributed by atoms with Crippen molar-refractivity contribution < 1.29 is 18.8 Å². The maximum absolute atomic E-state index is 12.5. The predicted molar refractivity (Wildman–Crippen MR) is 104 cm³/mol. The fourth-order valence-corrected chi connectivity index (χ4v) is 2.81. The van der Waals surface area contributed by atoms with Crippen molar-refractivity contribution in [3.63, 3.8) is 0 Å². The van der Waals surface area contributed by atoms with Gasteiger partial charge in [0.2, 0.25) is 0 Å². The van der Waals surface area contributed by atoms with Crippen LogP contribution in [0.1, 0.15) is 41.2 Å². The van der Waals surface area contributed by atoms with E-state index in [2.05, 4.69) is 15.5 Å². The Bertz CT molecular complexity index is 930. The van der Waals surface area contributed by atoms with Crippen LogP contribution in [-0.4, -0.2) is 23.2 Å². The van der Waals surface area contributed by atoms with Crippen LogP contribution in [-0.2, 0) is 6.61 Å². The van der Waals surface area contributed by atoms with E-state index in [0.29, 0.717) is 22.3 Å². The number of hydrogen-bond acceptors (Lipinski definition) is 6. The Balaban J connectivity index is 1.62. The molecule has 0 spiro atoms. The molecule has 3 aromatic rings. The molecule has 0 aliphatic rings. The quantitative estimate of drug-likeness (QED) is 0.609. The number of amides is 1. The van der Waals surface area contributed by atoms with Crippen molar-refractivity contribution >= 4 is 17.5 Å². The lowest BCUT2D eigenvalue weighted by Crippen LogP contribution is -2.28. The van der Waals surface area contributed by atoms with Crippen LogP contribution >= 0.6 is 11.6 Å². The van der Waals surface area contributed by atoms with E-state index in [4.69, 9.17) is 25.6 Å². The van der Waals surface area contributed by atoms with E-state index in [-0.39, 0.29) is 24.2 Å². The molecule has 7 nitrogen and oxygen atoms in total. The Morgan fingerprint density at radius 1 is 1.21 bits per heavy atom. The smallest absolute Gasteiger partial charge is 0.273 e. The van der Waals surface area contributed by atoms with Crippen LogP contribution in [0.3, 0.4) is 0 Å². The Morgan fingerprint density at radius 2 is 2.00 bits per heavy atom. The first-order chi connectivity index (χ1) is 13.6. The maximum Gasteiger partial charge on any atom is 0.273 e. The van der Waals surface area contributed by atoms with Crippen LogP contribution in [0.25, 0.3) is 0 Å². The zero-order valence-electron chi connectivity index (χ0n) is 15.5. The van der Waals surface area contributed by atoms with Gasteiger partial charge in [-0.15, -0.1) is 0 Å². The highest BCUT2D eigenvalue weighted by Gasteiger charge is 2.18. The predicted octanol–water partition coefficient (Wildman–Crippen LogP) is 4.19. The number of nitrogens with one attached hydrogen (secondary N) is 1. The summed E-state index contributed by atoms with van der Waals surface area (Å²) < 4.78 is 16.1. The van der Waals surface area contributed by atoms with Gasteiger partial charge in [-0.25, -0.2) is 0 Å². The van der Waals surface area contributed by atoms with Crippen molar-refractivity contribution in [2.24, 2.45) is 0 Å². The van der Waals surface area contributed by atoms with Crippen LogP contribution < -0.4 is 14.8 Å². The average molecular weight is 402 g/mol. The first-order valence-electron chi connectivity index (χ1n) is 8.73. The third kappa shape index (κ3) is 4.80. The fourth-order valence-electron chi connectivity index (χ4n) is 2.65. The Morgan fingerprint density at radius 3 is 2.71 bits per heavy atom. The second kappa shape index (κ2) is 9.23. The lowest BCUT2D eigenvalue weighted by atomic mass is 10.1. The molecule has 1 unspecified atom stereocenters. The van der Waals surface area contributed by atoms with Crippen molar-refractivity contribution in [3.05, 3.63) is 70.8 Å². The number of carbonyl (C=O) groups is 1. The van der Waals surface area contributed by atoms with Gasteiger partial charge >= 0.3 is 0 Å². The summed E-state index contributed by atoms with van der Waals surface area (Å²) in [6.45, 7) is 2.09. The van der Waals surface area contributed by atoms with Gasteiger partial charge in [-0.05, 0) is 36.2 Å². The highest BCUT2D eigenvalue weighted by atomic mass is 35.5. The molecular formula is C20H20ClN3O4. The van der Waals surface area contributed by atoms with Gasteiger partial charge < -0.3 is 19.3 Å². The zero-order chi connectivity index (χ0) is 19.9. The number of hydrogen-bond donors (Lipinski definition) is 1. The van der Waals surface area contributed by atoms with Crippen molar-refractivity contribution in [3.8, 4) is 11.5 Å². The number of pyridine rings is 1. The molecule has 0 saturated heterocycles. The molecule has 0 saturated carbocycles. The molecular weight excluding hydrogens is 382 g/mol. The number of ether oxygens (including phenoxy) is 2. The van der Waals surface area contributed by atoms with E-state index < -0.39 is 0 Å². The molecule has 0 aliphatic carbocycles. The van der Waals surface area contributed by atoms with E-state index in [1.165, 1.54) is 7.11 Å². The molecule has 2 heterocycles. The summed E-state index contributed by atoms with van der Waals surface area (Å²) >= 11 is 5.94. The van der Waals surface area contributed by atoms with Crippen LogP contribution in [0.15, 0.2) is 53.3 Å². The molecule has 1 aromatic carbocycles. The minimum absolute atomic E-state index is 0.0971. The zero-order valence-corrected chi connectivity index (χ0v) is 16.3. The Kier molecular flexibility index (Phi) is 6.49. The van der Waals surface area contributed by atoms with E-state index in [1.54, 1.807) is 36.7 Å². The van der Waals surface area contributed by atoms with Crippen LogP contribution in [0.4, 0.5) is 0 Å². The first-order valence-corrected chi connectivity index (χ1v) is 9.11. The van der Waals surface area contributed by atoms with Crippen LogP contribution in [0.2, 0.25) is 5.02 Å². The third-order valence-electron chi connectivity index (χ3n) is 4.11. The van der Waals surface area contributed by atoms with E-state index in [0.717, 1.165) is 12.0 Å². The molecule has 1 atom stereocenters. The lowest BCUT2D eigenvalue weighted by Gasteiger charge is -2.16. The SMILES string of the molecule is CCC(NC(=O)c1cc(COc2ccc(Cl)cc2OC)on1)c1ccncc1. The minimum atomic E-state index is -0.317. The monoisotopic (exact) mass is 401 g/mol. The van der Waals surface area contributed by atoms with Gasteiger partial charge in [0.15, 0.2) is 23.0 Å². The van der Waals surface area contributed by atoms with Gasteiger partial charge in [0, 0.05) is 29.5 Å². The molecule has 2 aromatic heterocycles. The van der Waals surface area contributed by atoms with E-state index in [1.807, 2.05) is 19.1 Å². The summed E-state index contributed by atoms with van der Waals surface area (Å²) in [5, 5.41) is 7.32. The number of rotatable bonds is 8. The fraction of sp³-hybridized carbons (Fsp3) is 0.250. The first kappa shape index (κ1) is 19.7. The van der Waals surface area contributed by atoms with Gasteiger partial charge in [-0.2, -0.15) is 0 Å². The highest BCUT2D eigenvalue weighted by molar-refractivity contribution is 6.30. The Hall–Kier alpha value is -3.06. The standard InChI is InChI=1S/C20H20ClN3O4/c1-3-16(13-6-8-22-9-7-13)23-20(25)17-11-15(28-24-17)12-27-18-5-4-14(21)10-19(18)26-2/h4-11,16H,3,12H2,1-2H3,(H,23,25). The van der Waals surface area contributed by atoms with Gasteiger partial charge in [-0.1, -0.05) is 23.7 Å². The summed E-state index contributed by atoms with van der Waals surface area (Å²) in [5.41, 5.74) is 1.17. The molecule has 0 radical (unpaired) electrons. The molecule has 0 aliphatic heterocycles. The van der Waals surface area contributed by atoms with Gasteiger partial charge in [0.05, 0.1) is 13.2 Å².